The van der Waals surface area contributed by atoms with Crippen LogP contribution in [0.15, 0.2) is 60.9 Å². The van der Waals surface area contributed by atoms with Crippen molar-refractivity contribution < 1.29 is 4.74 Å². The first-order valence-electron chi connectivity index (χ1n) is 10.8. The molecular formula is C27H23Cl2N5O. The first-order chi connectivity index (χ1) is 16.7. The Balaban J connectivity index is 1.62. The first kappa shape index (κ1) is 24.3. The predicted molar refractivity (Wildman–Crippen MR) is 141 cm³/mol. The van der Waals surface area contributed by atoms with E-state index in [-0.39, 0.29) is 11.6 Å². The summed E-state index contributed by atoms with van der Waals surface area (Å²) in [5.41, 5.74) is 11.8. The summed E-state index contributed by atoms with van der Waals surface area (Å²) in [7, 11) is 0. The summed E-state index contributed by atoms with van der Waals surface area (Å²) in [5.74, 6) is 0.752. The van der Waals surface area contributed by atoms with Crippen LogP contribution in [0.2, 0.25) is 10.0 Å². The zero-order valence-corrected chi connectivity index (χ0v) is 20.9. The van der Waals surface area contributed by atoms with Gasteiger partial charge in [-0.05, 0) is 78.9 Å². The minimum absolute atomic E-state index is 0.250. The van der Waals surface area contributed by atoms with E-state index in [4.69, 9.17) is 33.7 Å². The summed E-state index contributed by atoms with van der Waals surface area (Å²) in [6.45, 7) is 5.91. The summed E-state index contributed by atoms with van der Waals surface area (Å²) >= 11 is 12.6. The Kier molecular flexibility index (Phi) is 7.11. The van der Waals surface area contributed by atoms with Crippen LogP contribution in [-0.4, -0.2) is 9.97 Å². The largest absolute Gasteiger partial charge is 0.437 e. The third-order valence-corrected chi connectivity index (χ3v) is 6.08. The van der Waals surface area contributed by atoms with Gasteiger partial charge in [-0.15, -0.1) is 0 Å². The summed E-state index contributed by atoms with van der Waals surface area (Å²) in [6.07, 6.45) is 1.38. The second-order valence-corrected chi connectivity index (χ2v) is 9.14. The van der Waals surface area contributed by atoms with E-state index in [1.54, 1.807) is 18.2 Å². The van der Waals surface area contributed by atoms with Gasteiger partial charge in [-0.3, -0.25) is 0 Å². The molecule has 0 aliphatic carbocycles. The van der Waals surface area contributed by atoms with Crippen LogP contribution in [0.5, 0.6) is 11.6 Å². The lowest BCUT2D eigenvalue weighted by molar-refractivity contribution is 0.464. The number of hydrogen-bond donors (Lipinski definition) is 2. The van der Waals surface area contributed by atoms with E-state index in [2.05, 4.69) is 27.4 Å². The number of hydrogen-bond acceptors (Lipinski definition) is 6. The highest BCUT2D eigenvalue weighted by Crippen LogP contribution is 2.37. The molecule has 1 unspecified atom stereocenters. The summed E-state index contributed by atoms with van der Waals surface area (Å²) < 4.78 is 5.94. The van der Waals surface area contributed by atoms with Crippen LogP contribution in [0, 0.1) is 32.1 Å². The molecule has 0 saturated heterocycles. The highest BCUT2D eigenvalue weighted by molar-refractivity contribution is 6.32. The molecule has 0 aliphatic heterocycles. The molecule has 4 rings (SSSR count). The Morgan fingerprint density at radius 2 is 1.66 bits per heavy atom. The lowest BCUT2D eigenvalue weighted by atomic mass is 9.91. The van der Waals surface area contributed by atoms with Crippen molar-refractivity contribution in [2.24, 2.45) is 0 Å². The Hall–Kier alpha value is -3.79. The summed E-state index contributed by atoms with van der Waals surface area (Å²) in [5, 5.41) is 14.1. The average molecular weight is 504 g/mol. The Morgan fingerprint density at radius 3 is 2.31 bits per heavy atom. The van der Waals surface area contributed by atoms with Crippen LogP contribution in [-0.2, 0) is 0 Å². The van der Waals surface area contributed by atoms with Crippen LogP contribution in [0.4, 0.5) is 17.2 Å². The number of ether oxygens (including phenoxy) is 1. The van der Waals surface area contributed by atoms with E-state index in [0.717, 1.165) is 22.3 Å². The zero-order chi connectivity index (χ0) is 25.1. The predicted octanol–water partition coefficient (Wildman–Crippen LogP) is 7.48. The number of aryl methyl sites for hydroxylation is 3. The van der Waals surface area contributed by atoms with Gasteiger partial charge in [0.05, 0.1) is 12.0 Å². The Morgan fingerprint density at radius 1 is 0.971 bits per heavy atom. The van der Waals surface area contributed by atoms with Crippen molar-refractivity contribution in [3.05, 3.63) is 98.8 Å². The lowest BCUT2D eigenvalue weighted by Crippen LogP contribution is -2.05. The number of nitrogens with zero attached hydrogens (tertiary/aromatic N) is 3. The SMILES string of the molecule is Cc1cc(C)cc(Oc2ncnc(Nc3cc(Cl)c(C(C#N)c4ccc(Cl)cc4)cc3C)c2N)c1. The number of benzene rings is 3. The third kappa shape index (κ3) is 5.48. The molecule has 0 aliphatic rings. The smallest absolute Gasteiger partial charge is 0.248 e. The maximum Gasteiger partial charge on any atom is 0.248 e. The summed E-state index contributed by atoms with van der Waals surface area (Å²) in [6, 6.07) is 19.0. The molecule has 0 amide bonds. The molecule has 6 nitrogen and oxygen atoms in total. The van der Waals surface area contributed by atoms with Crippen molar-refractivity contribution in [3.63, 3.8) is 0 Å². The van der Waals surface area contributed by atoms with Crippen LogP contribution in [0.3, 0.4) is 0 Å². The van der Waals surface area contributed by atoms with E-state index in [1.165, 1.54) is 6.33 Å². The number of halogens is 2. The van der Waals surface area contributed by atoms with Crippen molar-refractivity contribution >= 4 is 40.4 Å². The second kappa shape index (κ2) is 10.2. The van der Waals surface area contributed by atoms with Crippen molar-refractivity contribution in [1.82, 2.24) is 9.97 Å². The van der Waals surface area contributed by atoms with Gasteiger partial charge >= 0.3 is 0 Å². The van der Waals surface area contributed by atoms with Gasteiger partial charge in [0.1, 0.15) is 17.8 Å². The lowest BCUT2D eigenvalue weighted by Gasteiger charge is -2.17. The van der Waals surface area contributed by atoms with E-state index in [0.29, 0.717) is 32.9 Å². The van der Waals surface area contributed by atoms with Gasteiger partial charge in [-0.2, -0.15) is 10.2 Å². The highest BCUT2D eigenvalue weighted by atomic mass is 35.5. The van der Waals surface area contributed by atoms with E-state index in [1.807, 2.05) is 51.1 Å². The molecule has 0 bridgehead atoms. The Labute approximate surface area is 214 Å². The number of nitrogen functional groups attached to an aromatic ring is 1. The molecule has 35 heavy (non-hydrogen) atoms. The molecule has 0 radical (unpaired) electrons. The van der Waals surface area contributed by atoms with Crippen LogP contribution < -0.4 is 15.8 Å². The normalized spacial score (nSPS) is 11.5. The molecule has 1 atom stereocenters. The van der Waals surface area contributed by atoms with E-state index >= 15 is 0 Å². The highest BCUT2D eigenvalue weighted by Gasteiger charge is 2.19. The molecule has 3 N–H and O–H groups in total. The van der Waals surface area contributed by atoms with E-state index in [9.17, 15) is 5.26 Å². The fourth-order valence-electron chi connectivity index (χ4n) is 3.83. The number of aromatic nitrogens is 2. The number of nitrogens with two attached hydrogens (primary N) is 1. The number of rotatable bonds is 6. The topological polar surface area (TPSA) is 96.9 Å². The van der Waals surface area contributed by atoms with Gasteiger partial charge < -0.3 is 15.8 Å². The standard InChI is InChI=1S/C27H23Cl2N5O/c1-15-8-16(2)10-20(9-15)35-27-25(31)26(32-14-33-27)34-24-12-23(29)21(11-17(24)3)22(13-30)18-4-6-19(28)7-5-18/h4-12,14,22H,31H2,1-3H3,(H,32,33,34). The third-order valence-electron chi connectivity index (χ3n) is 5.50. The van der Waals surface area contributed by atoms with Gasteiger partial charge in [0.15, 0.2) is 5.82 Å². The molecule has 3 aromatic carbocycles. The van der Waals surface area contributed by atoms with Gasteiger partial charge in [0, 0.05) is 15.7 Å². The Bertz CT molecular complexity index is 1410. The van der Waals surface area contributed by atoms with Gasteiger partial charge in [0.25, 0.3) is 0 Å². The van der Waals surface area contributed by atoms with Crippen molar-refractivity contribution in [1.29, 1.82) is 5.26 Å². The maximum atomic E-state index is 9.84. The molecule has 4 aromatic rings. The molecule has 1 aromatic heterocycles. The minimum Gasteiger partial charge on any atom is -0.437 e. The molecule has 1 heterocycles. The molecule has 0 spiro atoms. The zero-order valence-electron chi connectivity index (χ0n) is 19.4. The van der Waals surface area contributed by atoms with Gasteiger partial charge in [-0.1, -0.05) is 47.5 Å². The minimum atomic E-state index is -0.533. The van der Waals surface area contributed by atoms with E-state index < -0.39 is 5.92 Å². The average Bonchev–Trinajstić information content (AvgIpc) is 2.80. The van der Waals surface area contributed by atoms with Crippen molar-refractivity contribution in [3.8, 4) is 17.7 Å². The second-order valence-electron chi connectivity index (χ2n) is 8.29. The molecule has 176 valence electrons. The molecule has 0 fully saturated rings. The number of anilines is 3. The maximum absolute atomic E-state index is 9.84. The van der Waals surface area contributed by atoms with Crippen molar-refractivity contribution in [2.45, 2.75) is 26.7 Å². The number of nitrogens with one attached hydrogen (secondary N) is 1. The van der Waals surface area contributed by atoms with Crippen LogP contribution in [0.1, 0.15) is 33.7 Å². The molecule has 0 saturated carbocycles. The first-order valence-corrected chi connectivity index (χ1v) is 11.6. The molecule has 8 heteroatoms. The summed E-state index contributed by atoms with van der Waals surface area (Å²) in [4.78, 5) is 8.47. The number of nitriles is 1. The quantitative estimate of drug-likeness (QED) is 0.283. The van der Waals surface area contributed by atoms with Crippen LogP contribution >= 0.6 is 23.2 Å². The monoisotopic (exact) mass is 503 g/mol. The van der Waals surface area contributed by atoms with Crippen molar-refractivity contribution in [2.75, 3.05) is 11.1 Å². The fourth-order valence-corrected chi connectivity index (χ4v) is 4.23. The van der Waals surface area contributed by atoms with Gasteiger partial charge in [-0.25, -0.2) is 4.98 Å². The van der Waals surface area contributed by atoms with Crippen LogP contribution in [0.25, 0.3) is 0 Å². The molecular weight excluding hydrogens is 481 g/mol. The fraction of sp³-hybridized carbons (Fsp3) is 0.148. The van der Waals surface area contributed by atoms with Gasteiger partial charge in [0.2, 0.25) is 5.88 Å².